The van der Waals surface area contributed by atoms with Crippen molar-refractivity contribution in [3.05, 3.63) is 83.4 Å². The van der Waals surface area contributed by atoms with Gasteiger partial charge in [0.1, 0.15) is 11.5 Å². The van der Waals surface area contributed by atoms with E-state index in [0.29, 0.717) is 42.2 Å². The lowest BCUT2D eigenvalue weighted by molar-refractivity contribution is -0.121. The smallest absolute Gasteiger partial charge is 0.265 e. The van der Waals surface area contributed by atoms with Gasteiger partial charge in [0.05, 0.1) is 25.0 Å². The molecule has 0 radical (unpaired) electrons. The van der Waals surface area contributed by atoms with Gasteiger partial charge >= 0.3 is 0 Å². The van der Waals surface area contributed by atoms with Crippen molar-refractivity contribution in [3.63, 3.8) is 0 Å². The zero-order chi connectivity index (χ0) is 25.9. The molecule has 3 aromatic carbocycles. The first-order chi connectivity index (χ1) is 17.9. The molecule has 8 heteroatoms. The number of ether oxygens (including phenoxy) is 2. The molecule has 37 heavy (non-hydrogen) atoms. The third kappa shape index (κ3) is 5.00. The number of Topliss-reactive ketones (excluding diaryl/α,β-unsaturated/α-hetero) is 1. The molecule has 190 valence electrons. The lowest BCUT2D eigenvalue weighted by Gasteiger charge is -2.36. The van der Waals surface area contributed by atoms with Gasteiger partial charge in [0.25, 0.3) is 11.8 Å². The summed E-state index contributed by atoms with van der Waals surface area (Å²) in [6, 6.07) is 20.4. The Morgan fingerprint density at radius 3 is 2.30 bits per heavy atom. The van der Waals surface area contributed by atoms with Gasteiger partial charge in [0.15, 0.2) is 12.4 Å². The molecule has 2 aliphatic rings. The van der Waals surface area contributed by atoms with E-state index in [1.807, 2.05) is 53.4 Å². The van der Waals surface area contributed by atoms with Gasteiger partial charge in [-0.25, -0.2) is 0 Å². The highest BCUT2D eigenvalue weighted by atomic mass is 16.5. The minimum absolute atomic E-state index is 0.00915. The van der Waals surface area contributed by atoms with Crippen molar-refractivity contribution < 1.29 is 23.9 Å². The Labute approximate surface area is 216 Å². The molecule has 5 rings (SSSR count). The SMILES string of the molecule is COc1ccccc1N1CCN(C(=O)c2ccc(CN3C(=O)COc4ccc(C(C)=O)cc43)cc2)CC1. The molecule has 0 aliphatic carbocycles. The van der Waals surface area contributed by atoms with Crippen molar-refractivity contribution in [2.75, 3.05) is 49.7 Å². The summed E-state index contributed by atoms with van der Waals surface area (Å²) in [5, 5.41) is 0. The third-order valence-corrected chi connectivity index (χ3v) is 6.84. The van der Waals surface area contributed by atoms with E-state index in [4.69, 9.17) is 9.47 Å². The molecule has 2 aliphatic heterocycles. The van der Waals surface area contributed by atoms with E-state index < -0.39 is 0 Å². The molecule has 3 aromatic rings. The summed E-state index contributed by atoms with van der Waals surface area (Å²) in [5.41, 5.74) is 3.64. The average Bonchev–Trinajstić information content (AvgIpc) is 2.94. The van der Waals surface area contributed by atoms with Crippen molar-refractivity contribution in [1.82, 2.24) is 4.90 Å². The fraction of sp³-hybridized carbons (Fsp3) is 0.276. The van der Waals surface area contributed by atoms with Crippen LogP contribution in [0.15, 0.2) is 66.7 Å². The third-order valence-electron chi connectivity index (χ3n) is 6.84. The maximum absolute atomic E-state index is 13.2. The predicted octanol–water partition coefficient (Wildman–Crippen LogP) is 3.79. The number of carbonyl (C=O) groups is 3. The van der Waals surface area contributed by atoms with Crippen LogP contribution in [0.4, 0.5) is 11.4 Å². The minimum atomic E-state index is -0.179. The maximum atomic E-state index is 13.2. The lowest BCUT2D eigenvalue weighted by atomic mass is 10.1. The summed E-state index contributed by atoms with van der Waals surface area (Å²) in [6.07, 6.45) is 0. The first kappa shape index (κ1) is 24.4. The number of ketones is 1. The number of anilines is 2. The van der Waals surface area contributed by atoms with Gasteiger partial charge in [-0.05, 0) is 55.0 Å². The van der Waals surface area contributed by atoms with Crippen LogP contribution in [0.3, 0.4) is 0 Å². The molecule has 0 aromatic heterocycles. The number of amides is 2. The summed E-state index contributed by atoms with van der Waals surface area (Å²) >= 11 is 0. The zero-order valence-electron chi connectivity index (χ0n) is 21.0. The van der Waals surface area contributed by atoms with E-state index in [0.717, 1.165) is 30.1 Å². The Bertz CT molecular complexity index is 1330. The first-order valence-corrected chi connectivity index (χ1v) is 12.3. The molecule has 0 atom stereocenters. The van der Waals surface area contributed by atoms with Crippen LogP contribution in [0.1, 0.15) is 33.2 Å². The molecule has 1 saturated heterocycles. The number of piperazine rings is 1. The van der Waals surface area contributed by atoms with E-state index in [2.05, 4.69) is 4.90 Å². The Hall–Kier alpha value is -4.33. The van der Waals surface area contributed by atoms with Crippen LogP contribution < -0.4 is 19.3 Å². The van der Waals surface area contributed by atoms with Crippen LogP contribution in [0.5, 0.6) is 11.5 Å². The highest BCUT2D eigenvalue weighted by molar-refractivity contribution is 6.01. The monoisotopic (exact) mass is 499 g/mol. The van der Waals surface area contributed by atoms with E-state index in [1.165, 1.54) is 6.92 Å². The van der Waals surface area contributed by atoms with Gasteiger partial charge in [-0.1, -0.05) is 24.3 Å². The summed E-state index contributed by atoms with van der Waals surface area (Å²) < 4.78 is 11.0. The number of methoxy groups -OCH3 is 1. The fourth-order valence-corrected chi connectivity index (χ4v) is 4.75. The van der Waals surface area contributed by atoms with E-state index in [1.54, 1.807) is 30.2 Å². The topological polar surface area (TPSA) is 79.4 Å². The van der Waals surface area contributed by atoms with Gasteiger partial charge < -0.3 is 24.2 Å². The molecule has 0 saturated carbocycles. The Morgan fingerprint density at radius 2 is 1.59 bits per heavy atom. The number of nitrogens with zero attached hydrogens (tertiary/aromatic N) is 3. The van der Waals surface area contributed by atoms with Crippen LogP contribution in [0, 0.1) is 0 Å². The summed E-state index contributed by atoms with van der Waals surface area (Å²) in [5.74, 6) is 1.14. The first-order valence-electron chi connectivity index (χ1n) is 12.3. The van der Waals surface area contributed by atoms with Gasteiger partial charge in [0, 0.05) is 37.3 Å². The predicted molar refractivity (Wildman–Crippen MR) is 141 cm³/mol. The number of benzene rings is 3. The van der Waals surface area contributed by atoms with Crippen LogP contribution in [0.25, 0.3) is 0 Å². The highest BCUT2D eigenvalue weighted by Crippen LogP contribution is 2.34. The van der Waals surface area contributed by atoms with E-state index in [-0.39, 0.29) is 24.2 Å². The second-order valence-corrected chi connectivity index (χ2v) is 9.16. The summed E-state index contributed by atoms with van der Waals surface area (Å²) in [4.78, 5) is 43.4. The Kier molecular flexibility index (Phi) is 6.81. The van der Waals surface area contributed by atoms with Crippen LogP contribution in [-0.2, 0) is 11.3 Å². The number of carbonyl (C=O) groups excluding carboxylic acids is 3. The van der Waals surface area contributed by atoms with Crippen molar-refractivity contribution in [2.24, 2.45) is 0 Å². The molecule has 8 nitrogen and oxygen atoms in total. The number of fused-ring (bicyclic) bond motifs is 1. The standard InChI is InChI=1S/C29H29N3O5/c1-20(33)23-11-12-27-25(17-23)32(28(34)19-37-27)18-21-7-9-22(10-8-21)29(35)31-15-13-30(14-16-31)24-5-3-4-6-26(24)36-2/h3-12,17H,13-16,18-19H2,1-2H3. The molecular weight excluding hydrogens is 470 g/mol. The fourth-order valence-electron chi connectivity index (χ4n) is 4.75. The second kappa shape index (κ2) is 10.3. The van der Waals surface area contributed by atoms with Gasteiger partial charge in [-0.15, -0.1) is 0 Å². The van der Waals surface area contributed by atoms with Crippen LogP contribution >= 0.6 is 0 Å². The van der Waals surface area contributed by atoms with Gasteiger partial charge in [-0.3, -0.25) is 14.4 Å². The molecule has 0 unspecified atom stereocenters. The molecule has 1 fully saturated rings. The van der Waals surface area contributed by atoms with Crippen molar-refractivity contribution in [2.45, 2.75) is 13.5 Å². The lowest BCUT2D eigenvalue weighted by Crippen LogP contribution is -2.48. The van der Waals surface area contributed by atoms with Gasteiger partial charge in [-0.2, -0.15) is 0 Å². The number of para-hydroxylation sites is 2. The Balaban J connectivity index is 1.25. The molecule has 2 heterocycles. The highest BCUT2D eigenvalue weighted by Gasteiger charge is 2.27. The van der Waals surface area contributed by atoms with Crippen molar-refractivity contribution in [3.8, 4) is 11.5 Å². The number of hydrogen-bond acceptors (Lipinski definition) is 6. The quantitative estimate of drug-likeness (QED) is 0.481. The van der Waals surface area contributed by atoms with Crippen LogP contribution in [0.2, 0.25) is 0 Å². The zero-order valence-corrected chi connectivity index (χ0v) is 21.0. The van der Waals surface area contributed by atoms with E-state index in [9.17, 15) is 14.4 Å². The molecule has 0 N–H and O–H groups in total. The number of rotatable bonds is 6. The van der Waals surface area contributed by atoms with Crippen molar-refractivity contribution in [1.29, 1.82) is 0 Å². The number of hydrogen-bond donors (Lipinski definition) is 0. The molecule has 0 spiro atoms. The molecular formula is C29H29N3O5. The second-order valence-electron chi connectivity index (χ2n) is 9.16. The van der Waals surface area contributed by atoms with E-state index >= 15 is 0 Å². The minimum Gasteiger partial charge on any atom is -0.495 e. The maximum Gasteiger partial charge on any atom is 0.265 e. The van der Waals surface area contributed by atoms with Crippen LogP contribution in [-0.4, -0.2) is 62.4 Å². The largest absolute Gasteiger partial charge is 0.495 e. The Morgan fingerprint density at radius 1 is 0.892 bits per heavy atom. The van der Waals surface area contributed by atoms with Crippen molar-refractivity contribution >= 4 is 29.0 Å². The van der Waals surface area contributed by atoms with Gasteiger partial charge in [0.2, 0.25) is 0 Å². The molecule has 2 amide bonds. The average molecular weight is 500 g/mol. The summed E-state index contributed by atoms with van der Waals surface area (Å²) in [7, 11) is 1.67. The normalized spacial score (nSPS) is 15.2. The molecule has 0 bridgehead atoms. The summed E-state index contributed by atoms with van der Waals surface area (Å²) in [6.45, 7) is 4.46.